The lowest BCUT2D eigenvalue weighted by atomic mass is 10.0. The van der Waals surface area contributed by atoms with E-state index in [4.69, 9.17) is 16.3 Å². The first-order valence-corrected chi connectivity index (χ1v) is 13.1. The molecule has 2 aromatic heterocycles. The number of nitrogens with zero attached hydrogens (tertiary/aromatic N) is 6. The number of rotatable bonds is 8. The van der Waals surface area contributed by atoms with Crippen LogP contribution in [0.1, 0.15) is 31.1 Å². The molecule has 38 heavy (non-hydrogen) atoms. The van der Waals surface area contributed by atoms with Crippen LogP contribution in [0.15, 0.2) is 78.0 Å². The first-order chi connectivity index (χ1) is 18.5. The molecule has 0 amide bonds. The molecule has 3 heterocycles. The minimum absolute atomic E-state index is 0.292. The molecule has 0 bridgehead atoms. The Labute approximate surface area is 226 Å². The number of aliphatic hydroxyl groups excluding tert-OH is 1. The van der Waals surface area contributed by atoms with Crippen molar-refractivity contribution in [1.29, 1.82) is 0 Å². The van der Waals surface area contributed by atoms with Crippen LogP contribution in [0.3, 0.4) is 0 Å². The summed E-state index contributed by atoms with van der Waals surface area (Å²) in [5.41, 5.74) is 3.31. The van der Waals surface area contributed by atoms with Crippen LogP contribution in [0.2, 0.25) is 5.02 Å². The van der Waals surface area contributed by atoms with Crippen LogP contribution >= 0.6 is 11.6 Å². The lowest BCUT2D eigenvalue weighted by Crippen LogP contribution is -2.46. The third kappa shape index (κ3) is 5.25. The van der Waals surface area contributed by atoms with Gasteiger partial charge in [0.2, 0.25) is 5.88 Å². The van der Waals surface area contributed by atoms with Gasteiger partial charge in [0.15, 0.2) is 0 Å². The standard InChI is InChI=1S/C28H31ClN6O3/c1-3-25(27(36)20-4-6-21(29)7-5-20)35-28(37)34(19-31-35)23-10-8-22(9-11-23)32-14-16-33(17-15-32)24-12-13-26(38-2)30-18-24/h4-13,18-19,25,27,36H,3,14-17H2,1-2H3/t25-,27-/m1/s1. The van der Waals surface area contributed by atoms with E-state index in [0.717, 1.165) is 43.2 Å². The molecule has 4 aromatic rings. The topological polar surface area (TPSA) is 88.7 Å². The average Bonchev–Trinajstić information content (AvgIpc) is 3.34. The number of methoxy groups -OCH3 is 1. The molecule has 10 heteroatoms. The first kappa shape index (κ1) is 25.8. The molecule has 1 saturated heterocycles. The number of anilines is 2. The van der Waals surface area contributed by atoms with Crippen molar-refractivity contribution < 1.29 is 9.84 Å². The predicted molar refractivity (Wildman–Crippen MR) is 149 cm³/mol. The number of halogens is 1. The molecular formula is C28H31ClN6O3. The molecule has 1 aliphatic heterocycles. The van der Waals surface area contributed by atoms with Gasteiger partial charge in [0.25, 0.3) is 0 Å². The van der Waals surface area contributed by atoms with Crippen LogP contribution in [-0.2, 0) is 0 Å². The van der Waals surface area contributed by atoms with Crippen molar-refractivity contribution >= 4 is 23.0 Å². The van der Waals surface area contributed by atoms with Gasteiger partial charge < -0.3 is 19.6 Å². The van der Waals surface area contributed by atoms with E-state index in [1.165, 1.54) is 15.6 Å². The summed E-state index contributed by atoms with van der Waals surface area (Å²) in [5, 5.41) is 15.9. The SMILES string of the molecule is CC[C@H]([C@H](O)c1ccc(Cl)cc1)n1ncn(-c2ccc(N3CCN(c4ccc(OC)nc4)CC3)cc2)c1=O. The van der Waals surface area contributed by atoms with E-state index < -0.39 is 12.1 Å². The number of aromatic nitrogens is 4. The molecule has 198 valence electrons. The maximum atomic E-state index is 13.3. The first-order valence-electron chi connectivity index (χ1n) is 12.7. The molecule has 0 saturated carbocycles. The van der Waals surface area contributed by atoms with Crippen LogP contribution in [0.5, 0.6) is 5.88 Å². The van der Waals surface area contributed by atoms with Crippen LogP contribution in [0, 0.1) is 0 Å². The van der Waals surface area contributed by atoms with Crippen molar-refractivity contribution in [1.82, 2.24) is 19.3 Å². The fraction of sp³-hybridized carbons (Fsp3) is 0.321. The molecular weight excluding hydrogens is 504 g/mol. The largest absolute Gasteiger partial charge is 0.481 e. The Balaban J connectivity index is 1.26. The number of hydrogen-bond acceptors (Lipinski definition) is 7. The minimum Gasteiger partial charge on any atom is -0.481 e. The van der Waals surface area contributed by atoms with Gasteiger partial charge in [-0.1, -0.05) is 30.7 Å². The summed E-state index contributed by atoms with van der Waals surface area (Å²) in [6.45, 7) is 5.45. The summed E-state index contributed by atoms with van der Waals surface area (Å²) in [5.74, 6) is 0.611. The molecule has 5 rings (SSSR count). The maximum Gasteiger partial charge on any atom is 0.350 e. The molecule has 1 aliphatic rings. The molecule has 0 unspecified atom stereocenters. The van der Waals surface area contributed by atoms with Gasteiger partial charge in [-0.05, 0) is 54.4 Å². The Morgan fingerprint density at radius 3 is 2.11 bits per heavy atom. The summed E-state index contributed by atoms with van der Waals surface area (Å²) in [4.78, 5) is 22.2. The van der Waals surface area contributed by atoms with E-state index in [0.29, 0.717) is 22.9 Å². The molecule has 2 aromatic carbocycles. The fourth-order valence-electron chi connectivity index (χ4n) is 4.86. The minimum atomic E-state index is -0.881. The van der Waals surface area contributed by atoms with Crippen molar-refractivity contribution in [3.8, 4) is 11.6 Å². The van der Waals surface area contributed by atoms with Gasteiger partial charge in [-0.2, -0.15) is 5.10 Å². The lowest BCUT2D eigenvalue weighted by molar-refractivity contribution is 0.101. The van der Waals surface area contributed by atoms with E-state index in [-0.39, 0.29) is 5.69 Å². The maximum absolute atomic E-state index is 13.3. The number of benzene rings is 2. The quantitative estimate of drug-likeness (QED) is 0.364. The van der Waals surface area contributed by atoms with Gasteiger partial charge in [0, 0.05) is 43.0 Å². The monoisotopic (exact) mass is 534 g/mol. The van der Waals surface area contributed by atoms with Gasteiger partial charge in [-0.25, -0.2) is 19.0 Å². The molecule has 2 atom stereocenters. The average molecular weight is 535 g/mol. The number of ether oxygens (including phenoxy) is 1. The summed E-state index contributed by atoms with van der Waals surface area (Å²) in [6, 6.07) is 18.3. The van der Waals surface area contributed by atoms with E-state index in [9.17, 15) is 9.90 Å². The van der Waals surface area contributed by atoms with Gasteiger partial charge in [-0.3, -0.25) is 0 Å². The number of pyridine rings is 1. The van der Waals surface area contributed by atoms with Crippen molar-refractivity contribution in [2.24, 2.45) is 0 Å². The second-order valence-electron chi connectivity index (χ2n) is 9.25. The van der Waals surface area contributed by atoms with E-state index in [1.54, 1.807) is 31.4 Å². The molecule has 1 fully saturated rings. The Hall–Kier alpha value is -3.82. The highest BCUT2D eigenvalue weighted by atomic mass is 35.5. The third-order valence-corrected chi connectivity index (χ3v) is 7.32. The highest BCUT2D eigenvalue weighted by Gasteiger charge is 2.25. The van der Waals surface area contributed by atoms with Crippen molar-refractivity contribution in [3.05, 3.63) is 94.3 Å². The molecule has 9 nitrogen and oxygen atoms in total. The number of aliphatic hydroxyl groups is 1. The van der Waals surface area contributed by atoms with Crippen LogP contribution < -0.4 is 20.2 Å². The highest BCUT2D eigenvalue weighted by molar-refractivity contribution is 6.30. The predicted octanol–water partition coefficient (Wildman–Crippen LogP) is 4.10. The Kier molecular flexibility index (Phi) is 7.67. The zero-order chi connectivity index (χ0) is 26.6. The number of piperazine rings is 1. The zero-order valence-corrected chi connectivity index (χ0v) is 22.2. The Bertz CT molecular complexity index is 1390. The number of hydrogen-bond donors (Lipinski definition) is 1. The van der Waals surface area contributed by atoms with Crippen LogP contribution in [0.25, 0.3) is 5.69 Å². The Morgan fingerprint density at radius 2 is 1.53 bits per heavy atom. The second-order valence-corrected chi connectivity index (χ2v) is 9.69. The van der Waals surface area contributed by atoms with Gasteiger partial charge in [0.1, 0.15) is 12.4 Å². The van der Waals surface area contributed by atoms with E-state index in [2.05, 4.69) is 19.9 Å². The van der Waals surface area contributed by atoms with Gasteiger partial charge in [-0.15, -0.1) is 0 Å². The summed E-state index contributed by atoms with van der Waals surface area (Å²) >= 11 is 5.98. The summed E-state index contributed by atoms with van der Waals surface area (Å²) < 4.78 is 8.02. The summed E-state index contributed by atoms with van der Waals surface area (Å²) in [6.07, 6.45) is 3.01. The summed E-state index contributed by atoms with van der Waals surface area (Å²) in [7, 11) is 1.61. The third-order valence-electron chi connectivity index (χ3n) is 7.07. The Morgan fingerprint density at radius 1 is 0.921 bits per heavy atom. The van der Waals surface area contributed by atoms with Gasteiger partial charge in [0.05, 0.1) is 30.7 Å². The highest BCUT2D eigenvalue weighted by Crippen LogP contribution is 2.29. The van der Waals surface area contributed by atoms with Crippen molar-refractivity contribution in [2.75, 3.05) is 43.1 Å². The zero-order valence-electron chi connectivity index (χ0n) is 21.4. The normalized spacial score (nSPS) is 15.4. The van der Waals surface area contributed by atoms with Crippen LogP contribution in [0.4, 0.5) is 11.4 Å². The van der Waals surface area contributed by atoms with Crippen LogP contribution in [-0.4, -0.2) is 57.7 Å². The smallest absolute Gasteiger partial charge is 0.350 e. The van der Waals surface area contributed by atoms with Crippen molar-refractivity contribution in [2.45, 2.75) is 25.5 Å². The molecule has 0 radical (unpaired) electrons. The van der Waals surface area contributed by atoms with E-state index in [1.807, 2.05) is 49.5 Å². The molecule has 1 N–H and O–H groups in total. The molecule has 0 spiro atoms. The van der Waals surface area contributed by atoms with Crippen molar-refractivity contribution in [3.63, 3.8) is 0 Å². The van der Waals surface area contributed by atoms with Gasteiger partial charge >= 0.3 is 5.69 Å². The fourth-order valence-corrected chi connectivity index (χ4v) is 4.99. The van der Waals surface area contributed by atoms with E-state index >= 15 is 0 Å². The molecule has 0 aliphatic carbocycles. The lowest BCUT2D eigenvalue weighted by Gasteiger charge is -2.37. The second kappa shape index (κ2) is 11.3.